The lowest BCUT2D eigenvalue weighted by molar-refractivity contribution is 0.154. The number of nitrogens with two attached hydrogens (primary N) is 1. The van der Waals surface area contributed by atoms with E-state index in [0.717, 1.165) is 5.56 Å². The molecule has 0 radical (unpaired) electrons. The molecule has 0 heterocycles. The number of oxime groups is 1. The van der Waals surface area contributed by atoms with Crippen LogP contribution in [0.3, 0.4) is 0 Å². The summed E-state index contributed by atoms with van der Waals surface area (Å²) in [6.07, 6.45) is 0. The van der Waals surface area contributed by atoms with Crippen molar-refractivity contribution >= 4 is 5.84 Å². The van der Waals surface area contributed by atoms with Gasteiger partial charge in [-0.25, -0.2) is 0 Å². The van der Waals surface area contributed by atoms with Crippen molar-refractivity contribution in [2.75, 3.05) is 13.7 Å². The molecule has 0 amide bonds. The summed E-state index contributed by atoms with van der Waals surface area (Å²) in [6.45, 7) is 2.67. The van der Waals surface area contributed by atoms with Gasteiger partial charge in [0.05, 0.1) is 6.61 Å². The highest BCUT2D eigenvalue weighted by Gasteiger charge is 2.12. The summed E-state index contributed by atoms with van der Waals surface area (Å²) < 4.78 is 0. The molecule has 17 heavy (non-hydrogen) atoms. The third-order valence-corrected chi connectivity index (χ3v) is 2.84. The lowest BCUT2D eigenvalue weighted by atomic mass is 10.1. The van der Waals surface area contributed by atoms with E-state index in [1.54, 1.807) is 0 Å². The summed E-state index contributed by atoms with van der Waals surface area (Å²) in [5.74, 6) is 0.102. The number of benzene rings is 1. The van der Waals surface area contributed by atoms with E-state index < -0.39 is 0 Å². The molecule has 4 N–H and O–H groups in total. The van der Waals surface area contributed by atoms with Gasteiger partial charge in [-0.15, -0.1) is 0 Å². The minimum Gasteiger partial charge on any atom is -0.409 e. The van der Waals surface area contributed by atoms with Crippen LogP contribution < -0.4 is 5.73 Å². The molecule has 0 spiro atoms. The van der Waals surface area contributed by atoms with E-state index in [2.05, 4.69) is 5.16 Å². The maximum Gasteiger partial charge on any atom is 0.170 e. The number of nitrogens with zero attached hydrogens (tertiary/aromatic N) is 2. The second-order valence-corrected chi connectivity index (χ2v) is 4.09. The van der Waals surface area contributed by atoms with Gasteiger partial charge >= 0.3 is 0 Å². The van der Waals surface area contributed by atoms with Crippen molar-refractivity contribution in [2.24, 2.45) is 10.9 Å². The smallest absolute Gasteiger partial charge is 0.170 e. The van der Waals surface area contributed by atoms with Crippen LogP contribution in [-0.2, 0) is 6.54 Å². The molecule has 0 aliphatic carbocycles. The Morgan fingerprint density at radius 1 is 1.47 bits per heavy atom. The fourth-order valence-electron chi connectivity index (χ4n) is 1.53. The quantitative estimate of drug-likeness (QED) is 0.303. The van der Waals surface area contributed by atoms with Gasteiger partial charge in [-0.05, 0) is 19.5 Å². The molecule has 5 heteroatoms. The molecule has 94 valence electrons. The first-order valence-corrected chi connectivity index (χ1v) is 5.47. The Bertz CT molecular complexity index is 393. The highest BCUT2D eigenvalue weighted by Crippen LogP contribution is 2.12. The van der Waals surface area contributed by atoms with Crippen LogP contribution in [0.15, 0.2) is 29.4 Å². The Hall–Kier alpha value is -1.59. The Labute approximate surface area is 101 Å². The molecule has 0 aliphatic rings. The molecule has 1 aromatic rings. The van der Waals surface area contributed by atoms with Crippen LogP contribution in [0.25, 0.3) is 0 Å². The van der Waals surface area contributed by atoms with Crippen molar-refractivity contribution in [3.63, 3.8) is 0 Å². The zero-order valence-electron chi connectivity index (χ0n) is 10.2. The summed E-state index contributed by atoms with van der Waals surface area (Å²) in [5.41, 5.74) is 7.29. The van der Waals surface area contributed by atoms with Crippen LogP contribution >= 0.6 is 0 Å². The third-order valence-electron chi connectivity index (χ3n) is 2.84. The zero-order chi connectivity index (χ0) is 12.8. The van der Waals surface area contributed by atoms with Gasteiger partial charge < -0.3 is 16.0 Å². The number of aliphatic hydroxyl groups excluding tert-OH is 1. The average molecular weight is 237 g/mol. The lowest BCUT2D eigenvalue weighted by Gasteiger charge is -2.23. The summed E-state index contributed by atoms with van der Waals surface area (Å²) in [5, 5.41) is 20.8. The van der Waals surface area contributed by atoms with Crippen LogP contribution in [0.2, 0.25) is 0 Å². The maximum atomic E-state index is 9.08. The van der Waals surface area contributed by atoms with Gasteiger partial charge in [-0.3, -0.25) is 4.90 Å². The number of aliphatic hydroxyl groups is 1. The molecule has 0 bridgehead atoms. The number of hydrogen-bond acceptors (Lipinski definition) is 4. The van der Waals surface area contributed by atoms with E-state index >= 15 is 0 Å². The molecule has 0 aromatic heterocycles. The molecular formula is C12H19N3O2. The maximum absolute atomic E-state index is 9.08. The van der Waals surface area contributed by atoms with Crippen LogP contribution in [0.4, 0.5) is 0 Å². The predicted molar refractivity (Wildman–Crippen MR) is 67.0 cm³/mol. The standard InChI is InChI=1S/C12H19N3O2/c1-9(8-16)15(2)7-10-5-3-4-6-11(10)12(13)14-17/h3-6,9,16-17H,7-8H2,1-2H3,(H2,13,14). The van der Waals surface area contributed by atoms with E-state index in [9.17, 15) is 0 Å². The van der Waals surface area contributed by atoms with Crippen molar-refractivity contribution in [1.82, 2.24) is 4.90 Å². The molecular weight excluding hydrogens is 218 g/mol. The second kappa shape index (κ2) is 6.22. The molecule has 1 unspecified atom stereocenters. The minimum absolute atomic E-state index is 0.0651. The summed E-state index contributed by atoms with van der Waals surface area (Å²) in [6, 6.07) is 7.54. The van der Waals surface area contributed by atoms with Crippen molar-refractivity contribution in [3.8, 4) is 0 Å². The highest BCUT2D eigenvalue weighted by molar-refractivity contribution is 5.98. The van der Waals surface area contributed by atoms with Crippen molar-refractivity contribution in [2.45, 2.75) is 19.5 Å². The molecule has 0 fully saturated rings. The normalized spacial score (nSPS) is 14.0. The average Bonchev–Trinajstić information content (AvgIpc) is 2.37. The van der Waals surface area contributed by atoms with Gasteiger partial charge in [-0.2, -0.15) is 0 Å². The van der Waals surface area contributed by atoms with Crippen molar-refractivity contribution in [3.05, 3.63) is 35.4 Å². The fraction of sp³-hybridized carbons (Fsp3) is 0.417. The molecule has 1 atom stereocenters. The van der Waals surface area contributed by atoms with Gasteiger partial charge in [0.25, 0.3) is 0 Å². The fourth-order valence-corrected chi connectivity index (χ4v) is 1.53. The lowest BCUT2D eigenvalue weighted by Crippen LogP contribution is -2.32. The SMILES string of the molecule is CC(CO)N(C)Cc1ccccc1/C(N)=N/O. The van der Waals surface area contributed by atoms with E-state index in [1.165, 1.54) is 0 Å². The molecule has 0 saturated heterocycles. The third kappa shape index (κ3) is 3.44. The number of amidine groups is 1. The van der Waals surface area contributed by atoms with E-state index in [0.29, 0.717) is 12.1 Å². The Balaban J connectivity index is 2.91. The number of likely N-dealkylation sites (N-methyl/N-ethyl adjacent to an activating group) is 1. The van der Waals surface area contributed by atoms with E-state index in [4.69, 9.17) is 16.0 Å². The molecule has 1 rings (SSSR count). The zero-order valence-corrected chi connectivity index (χ0v) is 10.2. The first-order valence-electron chi connectivity index (χ1n) is 5.47. The summed E-state index contributed by atoms with van der Waals surface area (Å²) in [4.78, 5) is 2.00. The van der Waals surface area contributed by atoms with Gasteiger partial charge in [0.15, 0.2) is 5.84 Å². The Kier molecular flexibility index (Phi) is 4.93. The van der Waals surface area contributed by atoms with Crippen molar-refractivity contribution < 1.29 is 10.3 Å². The van der Waals surface area contributed by atoms with Gasteiger partial charge in [0, 0.05) is 18.2 Å². The van der Waals surface area contributed by atoms with E-state index in [-0.39, 0.29) is 18.5 Å². The first-order chi connectivity index (χ1) is 8.10. The molecule has 1 aromatic carbocycles. The van der Waals surface area contributed by atoms with Crippen LogP contribution in [0.1, 0.15) is 18.1 Å². The Morgan fingerprint density at radius 3 is 2.71 bits per heavy atom. The topological polar surface area (TPSA) is 82.1 Å². The Morgan fingerprint density at radius 2 is 2.12 bits per heavy atom. The van der Waals surface area contributed by atoms with Crippen LogP contribution in [-0.4, -0.2) is 40.7 Å². The molecule has 5 nitrogen and oxygen atoms in total. The first kappa shape index (κ1) is 13.5. The number of rotatable bonds is 5. The predicted octanol–water partition coefficient (Wildman–Crippen LogP) is 0.594. The molecule has 0 aliphatic heterocycles. The van der Waals surface area contributed by atoms with Crippen LogP contribution in [0, 0.1) is 0 Å². The minimum atomic E-state index is 0.0651. The summed E-state index contributed by atoms with van der Waals surface area (Å²) >= 11 is 0. The second-order valence-electron chi connectivity index (χ2n) is 4.09. The molecule has 0 saturated carbocycles. The number of hydrogen-bond donors (Lipinski definition) is 3. The summed E-state index contributed by atoms with van der Waals surface area (Å²) in [7, 11) is 1.92. The monoisotopic (exact) mass is 237 g/mol. The van der Waals surface area contributed by atoms with Gasteiger partial charge in [-0.1, -0.05) is 29.4 Å². The van der Waals surface area contributed by atoms with Gasteiger partial charge in [0.2, 0.25) is 0 Å². The highest BCUT2D eigenvalue weighted by atomic mass is 16.4. The largest absolute Gasteiger partial charge is 0.409 e. The van der Waals surface area contributed by atoms with Crippen LogP contribution in [0.5, 0.6) is 0 Å². The van der Waals surface area contributed by atoms with Gasteiger partial charge in [0.1, 0.15) is 0 Å². The van der Waals surface area contributed by atoms with E-state index in [1.807, 2.05) is 43.1 Å². The van der Waals surface area contributed by atoms with Crippen molar-refractivity contribution in [1.29, 1.82) is 0 Å².